The van der Waals surface area contributed by atoms with E-state index in [-0.39, 0.29) is 11.5 Å². The molecule has 0 aliphatic rings. The summed E-state index contributed by atoms with van der Waals surface area (Å²) in [6.07, 6.45) is 0.414. The van der Waals surface area contributed by atoms with E-state index in [4.69, 9.17) is 4.74 Å². The molecule has 1 N–H and O–H groups in total. The number of nitrogens with one attached hydrogen (secondary N) is 1. The highest BCUT2D eigenvalue weighted by Crippen LogP contribution is 2.11. The van der Waals surface area contributed by atoms with Crippen LogP contribution in [0.3, 0.4) is 0 Å². The number of carbonyl (C=O) groups is 1. The number of amides is 1. The molecule has 11 heavy (non-hydrogen) atoms. The van der Waals surface area contributed by atoms with Crippen LogP contribution in [0.25, 0.3) is 0 Å². The monoisotopic (exact) mass is 159 g/mol. The molecule has 0 atom stereocenters. The van der Waals surface area contributed by atoms with Crippen LogP contribution in [0.15, 0.2) is 0 Å². The van der Waals surface area contributed by atoms with Gasteiger partial charge in [0, 0.05) is 13.7 Å². The molecule has 0 aliphatic heterocycles. The van der Waals surface area contributed by atoms with Crippen LogP contribution in [-0.4, -0.2) is 25.2 Å². The molecule has 0 aromatic heterocycles. The van der Waals surface area contributed by atoms with Crippen molar-refractivity contribution in [3.05, 3.63) is 0 Å². The summed E-state index contributed by atoms with van der Waals surface area (Å²) >= 11 is 0. The molecule has 3 heteroatoms. The molecule has 0 heterocycles. The van der Waals surface area contributed by atoms with E-state index in [0.29, 0.717) is 13.0 Å². The molecule has 0 radical (unpaired) electrons. The Kier molecular flexibility index (Phi) is 4.11. The summed E-state index contributed by atoms with van der Waals surface area (Å²) in [4.78, 5) is 11.0. The Hall–Kier alpha value is -0.570. The first-order valence-electron chi connectivity index (χ1n) is 3.83. The summed E-state index contributed by atoms with van der Waals surface area (Å²) < 4.78 is 5.09. The molecule has 0 aliphatic carbocycles. The van der Waals surface area contributed by atoms with Gasteiger partial charge in [0.25, 0.3) is 0 Å². The van der Waals surface area contributed by atoms with Crippen molar-refractivity contribution in [2.45, 2.75) is 32.8 Å². The number of hydrogen-bond acceptors (Lipinski definition) is 2. The molecule has 0 unspecified atom stereocenters. The third-order valence-electron chi connectivity index (χ3n) is 1.51. The number of carbonyl (C=O) groups excluding carboxylic acids is 1. The van der Waals surface area contributed by atoms with Gasteiger partial charge in [-0.25, -0.2) is 0 Å². The summed E-state index contributed by atoms with van der Waals surface area (Å²) in [5.41, 5.74) is -0.348. The highest BCUT2D eigenvalue weighted by molar-refractivity contribution is 5.76. The van der Waals surface area contributed by atoms with Crippen LogP contribution in [0.5, 0.6) is 0 Å². The van der Waals surface area contributed by atoms with E-state index in [2.05, 4.69) is 5.32 Å². The molecule has 1 amide bonds. The van der Waals surface area contributed by atoms with Gasteiger partial charge in [0.1, 0.15) is 0 Å². The Bertz CT molecular complexity index is 132. The van der Waals surface area contributed by atoms with Gasteiger partial charge in [-0.15, -0.1) is 0 Å². The Morgan fingerprint density at radius 3 is 2.45 bits per heavy atom. The summed E-state index contributed by atoms with van der Waals surface area (Å²) in [6.45, 7) is 6.36. The standard InChI is InChI=1S/C8H17NO2/c1-5-9-7(10)6-8(2,3)11-4/h5-6H2,1-4H3,(H,9,10). The maximum atomic E-state index is 11.0. The normalized spacial score (nSPS) is 11.3. The lowest BCUT2D eigenvalue weighted by Gasteiger charge is -2.21. The quantitative estimate of drug-likeness (QED) is 0.663. The summed E-state index contributed by atoms with van der Waals surface area (Å²) in [6, 6.07) is 0. The predicted octanol–water partition coefficient (Wildman–Crippen LogP) is 0.938. The second-order valence-corrected chi connectivity index (χ2v) is 3.09. The molecule has 0 rings (SSSR count). The Morgan fingerprint density at radius 1 is 1.55 bits per heavy atom. The van der Waals surface area contributed by atoms with Crippen LogP contribution in [0.2, 0.25) is 0 Å². The van der Waals surface area contributed by atoms with Crippen molar-refractivity contribution >= 4 is 5.91 Å². The predicted molar refractivity (Wildman–Crippen MR) is 44.4 cm³/mol. The fourth-order valence-electron chi connectivity index (χ4n) is 0.718. The maximum absolute atomic E-state index is 11.0. The zero-order valence-corrected chi connectivity index (χ0v) is 7.73. The zero-order valence-electron chi connectivity index (χ0n) is 7.73. The molecule has 0 aromatic carbocycles. The van der Waals surface area contributed by atoms with E-state index in [0.717, 1.165) is 0 Å². The molecule has 0 aromatic rings. The minimum atomic E-state index is -0.348. The highest BCUT2D eigenvalue weighted by atomic mass is 16.5. The Labute approximate surface area is 68.1 Å². The van der Waals surface area contributed by atoms with Crippen LogP contribution in [0.4, 0.5) is 0 Å². The van der Waals surface area contributed by atoms with Gasteiger partial charge in [0.05, 0.1) is 12.0 Å². The van der Waals surface area contributed by atoms with Gasteiger partial charge in [0.15, 0.2) is 0 Å². The molecule has 0 saturated carbocycles. The second kappa shape index (κ2) is 4.34. The second-order valence-electron chi connectivity index (χ2n) is 3.09. The van der Waals surface area contributed by atoms with Gasteiger partial charge in [0.2, 0.25) is 5.91 Å². The highest BCUT2D eigenvalue weighted by Gasteiger charge is 2.20. The van der Waals surface area contributed by atoms with Crippen molar-refractivity contribution in [3.63, 3.8) is 0 Å². The van der Waals surface area contributed by atoms with E-state index in [1.54, 1.807) is 7.11 Å². The summed E-state index contributed by atoms with van der Waals surface area (Å²) in [7, 11) is 1.61. The lowest BCUT2D eigenvalue weighted by atomic mass is 10.1. The summed E-state index contributed by atoms with van der Waals surface area (Å²) in [5.74, 6) is 0.0411. The minimum Gasteiger partial charge on any atom is -0.378 e. The molecule has 3 nitrogen and oxygen atoms in total. The lowest BCUT2D eigenvalue weighted by molar-refractivity contribution is -0.126. The van der Waals surface area contributed by atoms with Gasteiger partial charge in [-0.05, 0) is 20.8 Å². The molecule has 0 bridgehead atoms. The van der Waals surface area contributed by atoms with Crippen molar-refractivity contribution in [1.29, 1.82) is 0 Å². The Morgan fingerprint density at radius 2 is 2.09 bits per heavy atom. The fraction of sp³-hybridized carbons (Fsp3) is 0.875. The van der Waals surface area contributed by atoms with Crippen LogP contribution >= 0.6 is 0 Å². The maximum Gasteiger partial charge on any atom is 0.222 e. The average Bonchev–Trinajstić information content (AvgIpc) is 1.87. The van der Waals surface area contributed by atoms with E-state index < -0.39 is 0 Å². The van der Waals surface area contributed by atoms with Gasteiger partial charge >= 0.3 is 0 Å². The van der Waals surface area contributed by atoms with Crippen molar-refractivity contribution in [3.8, 4) is 0 Å². The van der Waals surface area contributed by atoms with Gasteiger partial charge in [-0.2, -0.15) is 0 Å². The topological polar surface area (TPSA) is 38.3 Å². The molecular formula is C8H17NO2. The Balaban J connectivity index is 3.74. The van der Waals surface area contributed by atoms with Crippen LogP contribution in [0, 0.1) is 0 Å². The van der Waals surface area contributed by atoms with Gasteiger partial charge in [-0.1, -0.05) is 0 Å². The smallest absolute Gasteiger partial charge is 0.222 e. The summed E-state index contributed by atoms with van der Waals surface area (Å²) in [5, 5.41) is 2.72. The van der Waals surface area contributed by atoms with Gasteiger partial charge < -0.3 is 10.1 Å². The van der Waals surface area contributed by atoms with E-state index in [1.165, 1.54) is 0 Å². The largest absolute Gasteiger partial charge is 0.378 e. The molecule has 0 spiro atoms. The molecule has 66 valence electrons. The van der Waals surface area contributed by atoms with Crippen molar-refractivity contribution in [1.82, 2.24) is 5.32 Å². The lowest BCUT2D eigenvalue weighted by Crippen LogP contribution is -2.33. The van der Waals surface area contributed by atoms with E-state index in [9.17, 15) is 4.79 Å². The van der Waals surface area contributed by atoms with Crippen molar-refractivity contribution in [2.75, 3.05) is 13.7 Å². The first kappa shape index (κ1) is 10.4. The SMILES string of the molecule is CCNC(=O)CC(C)(C)OC. The van der Waals surface area contributed by atoms with Crippen LogP contribution in [0.1, 0.15) is 27.2 Å². The third kappa shape index (κ3) is 4.79. The first-order valence-corrected chi connectivity index (χ1v) is 3.83. The van der Waals surface area contributed by atoms with Crippen molar-refractivity contribution < 1.29 is 9.53 Å². The van der Waals surface area contributed by atoms with Gasteiger partial charge in [-0.3, -0.25) is 4.79 Å². The number of methoxy groups -OCH3 is 1. The number of rotatable bonds is 4. The van der Waals surface area contributed by atoms with E-state index in [1.807, 2.05) is 20.8 Å². The molecule has 0 saturated heterocycles. The fourth-order valence-corrected chi connectivity index (χ4v) is 0.718. The minimum absolute atomic E-state index is 0.0411. The number of ether oxygens (including phenoxy) is 1. The third-order valence-corrected chi connectivity index (χ3v) is 1.51. The zero-order chi connectivity index (χ0) is 8.91. The molecule has 0 fully saturated rings. The first-order chi connectivity index (χ1) is 5.02. The van der Waals surface area contributed by atoms with E-state index >= 15 is 0 Å². The van der Waals surface area contributed by atoms with Crippen LogP contribution in [-0.2, 0) is 9.53 Å². The average molecular weight is 159 g/mol. The molecular weight excluding hydrogens is 142 g/mol. The number of hydrogen-bond donors (Lipinski definition) is 1. The van der Waals surface area contributed by atoms with Crippen LogP contribution < -0.4 is 5.32 Å². The van der Waals surface area contributed by atoms with Crippen molar-refractivity contribution in [2.24, 2.45) is 0 Å².